The number of fused-ring (bicyclic) bond motifs is 1. The van der Waals surface area contributed by atoms with Crippen molar-refractivity contribution < 1.29 is 9.18 Å². The van der Waals surface area contributed by atoms with Gasteiger partial charge in [-0.15, -0.1) is 0 Å². The highest BCUT2D eigenvalue weighted by Crippen LogP contribution is 2.26. The van der Waals surface area contributed by atoms with Crippen LogP contribution in [0.4, 0.5) is 15.9 Å². The molecular weight excluding hydrogens is 283 g/mol. The summed E-state index contributed by atoms with van der Waals surface area (Å²) in [6.45, 7) is 1.60. The molecule has 0 atom stereocenters. The quantitative estimate of drug-likeness (QED) is 0.895. The second-order valence-electron chi connectivity index (χ2n) is 4.46. The first kappa shape index (κ1) is 12.9. The van der Waals surface area contributed by atoms with Gasteiger partial charge >= 0.3 is 0 Å². The molecular formula is C13H12ClFN4O. The van der Waals surface area contributed by atoms with Gasteiger partial charge in [0.15, 0.2) is 0 Å². The van der Waals surface area contributed by atoms with Gasteiger partial charge in [0.1, 0.15) is 17.3 Å². The molecule has 0 radical (unpaired) electrons. The zero-order chi connectivity index (χ0) is 14.1. The molecule has 0 saturated carbocycles. The first-order chi connectivity index (χ1) is 9.66. The number of carbonyl (C=O) groups is 1. The third-order valence-corrected chi connectivity index (χ3v) is 3.43. The highest BCUT2D eigenvalue weighted by Gasteiger charge is 2.20. The normalized spacial score (nSPS) is 13.5. The van der Waals surface area contributed by atoms with Gasteiger partial charge in [0.2, 0.25) is 0 Å². The Balaban J connectivity index is 1.88. The Bertz CT molecular complexity index is 650. The van der Waals surface area contributed by atoms with E-state index in [9.17, 15) is 9.18 Å². The summed E-state index contributed by atoms with van der Waals surface area (Å²) in [5.41, 5.74) is 0.360. The molecule has 0 saturated heterocycles. The molecule has 3 rings (SSSR count). The van der Waals surface area contributed by atoms with E-state index in [-0.39, 0.29) is 10.6 Å². The van der Waals surface area contributed by atoms with E-state index in [2.05, 4.69) is 15.7 Å². The van der Waals surface area contributed by atoms with E-state index in [1.807, 2.05) is 0 Å². The molecule has 0 unspecified atom stereocenters. The second-order valence-corrected chi connectivity index (χ2v) is 4.87. The van der Waals surface area contributed by atoms with Crippen LogP contribution in [0.25, 0.3) is 0 Å². The van der Waals surface area contributed by atoms with Gasteiger partial charge in [-0.1, -0.05) is 17.7 Å². The molecule has 104 valence electrons. The van der Waals surface area contributed by atoms with Crippen LogP contribution in [0.1, 0.15) is 16.8 Å². The van der Waals surface area contributed by atoms with Crippen LogP contribution in [-0.2, 0) is 6.54 Å². The van der Waals surface area contributed by atoms with E-state index in [0.717, 1.165) is 25.3 Å². The fraction of sp³-hybridized carbons (Fsp3) is 0.231. The Morgan fingerprint density at radius 3 is 3.15 bits per heavy atom. The number of amides is 1. The van der Waals surface area contributed by atoms with E-state index in [4.69, 9.17) is 11.6 Å². The van der Waals surface area contributed by atoms with Crippen LogP contribution in [0.2, 0.25) is 5.02 Å². The average Bonchev–Trinajstić information content (AvgIpc) is 2.82. The molecule has 2 heterocycles. The molecule has 0 bridgehead atoms. The number of benzene rings is 1. The molecule has 0 fully saturated rings. The first-order valence-electron chi connectivity index (χ1n) is 6.22. The van der Waals surface area contributed by atoms with Crippen molar-refractivity contribution >= 4 is 29.0 Å². The Hall–Kier alpha value is -2.08. The summed E-state index contributed by atoms with van der Waals surface area (Å²) in [5, 5.41) is 10.0. The highest BCUT2D eigenvalue weighted by atomic mass is 35.5. The van der Waals surface area contributed by atoms with E-state index >= 15 is 0 Å². The van der Waals surface area contributed by atoms with Gasteiger partial charge in [-0.2, -0.15) is 5.10 Å². The summed E-state index contributed by atoms with van der Waals surface area (Å²) in [5.74, 6) is -0.502. The molecule has 0 aliphatic carbocycles. The minimum Gasteiger partial charge on any atom is -0.368 e. The Labute approximate surface area is 119 Å². The van der Waals surface area contributed by atoms with Crippen molar-refractivity contribution in [3.05, 3.63) is 40.8 Å². The largest absolute Gasteiger partial charge is 0.368 e. The number of carbonyl (C=O) groups excluding carboxylic acids is 1. The lowest BCUT2D eigenvalue weighted by Crippen LogP contribution is -2.20. The summed E-state index contributed by atoms with van der Waals surface area (Å²) >= 11 is 5.87. The number of aromatic nitrogens is 2. The first-order valence-corrected chi connectivity index (χ1v) is 6.59. The maximum Gasteiger partial charge on any atom is 0.260 e. The van der Waals surface area contributed by atoms with Crippen molar-refractivity contribution in [2.75, 3.05) is 17.2 Å². The molecule has 1 aliphatic rings. The minimum absolute atomic E-state index is 0.0801. The number of nitrogens with one attached hydrogen (secondary N) is 2. The van der Waals surface area contributed by atoms with Gasteiger partial charge < -0.3 is 10.6 Å². The van der Waals surface area contributed by atoms with Gasteiger partial charge in [0.05, 0.1) is 16.8 Å². The maximum absolute atomic E-state index is 13.7. The molecule has 2 N–H and O–H groups in total. The van der Waals surface area contributed by atoms with Crippen LogP contribution in [0.5, 0.6) is 0 Å². The minimum atomic E-state index is -0.649. The number of rotatable bonds is 2. The number of hydrogen-bond donors (Lipinski definition) is 2. The van der Waals surface area contributed by atoms with Crippen molar-refractivity contribution in [2.45, 2.75) is 13.0 Å². The highest BCUT2D eigenvalue weighted by molar-refractivity contribution is 6.34. The van der Waals surface area contributed by atoms with Crippen molar-refractivity contribution in [1.29, 1.82) is 0 Å². The summed E-state index contributed by atoms with van der Waals surface area (Å²) in [6.07, 6.45) is 2.52. The average molecular weight is 295 g/mol. The fourth-order valence-electron chi connectivity index (χ4n) is 2.17. The number of hydrogen-bond acceptors (Lipinski definition) is 3. The monoisotopic (exact) mass is 294 g/mol. The van der Waals surface area contributed by atoms with Crippen LogP contribution >= 0.6 is 11.6 Å². The zero-order valence-electron chi connectivity index (χ0n) is 10.5. The third kappa shape index (κ3) is 2.22. The topological polar surface area (TPSA) is 59.0 Å². The van der Waals surface area contributed by atoms with Crippen LogP contribution in [-0.4, -0.2) is 22.2 Å². The predicted molar refractivity (Wildman–Crippen MR) is 74.7 cm³/mol. The molecule has 1 aromatic carbocycles. The molecule has 1 aliphatic heterocycles. The second kappa shape index (κ2) is 5.13. The molecule has 1 aromatic heterocycles. The number of aryl methyl sites for hydroxylation is 1. The number of nitrogens with zero attached hydrogens (tertiary/aromatic N) is 2. The molecule has 7 heteroatoms. The van der Waals surface area contributed by atoms with Gasteiger partial charge in [-0.25, -0.2) is 9.07 Å². The molecule has 20 heavy (non-hydrogen) atoms. The number of anilines is 2. The zero-order valence-corrected chi connectivity index (χ0v) is 11.2. The standard InChI is InChI=1S/C13H12ClFN4O/c14-8-3-1-4-9(15)11(8)13(20)18-10-7-17-19-6-2-5-16-12(10)19/h1,3-4,7,16H,2,5-6H2,(H,18,20). The van der Waals surface area contributed by atoms with Crippen LogP contribution in [0.15, 0.2) is 24.4 Å². The third-order valence-electron chi connectivity index (χ3n) is 3.12. The lowest BCUT2D eigenvalue weighted by Gasteiger charge is -2.17. The summed E-state index contributed by atoms with van der Waals surface area (Å²) < 4.78 is 15.5. The van der Waals surface area contributed by atoms with Gasteiger partial charge in [-0.05, 0) is 18.6 Å². The Morgan fingerprint density at radius 1 is 1.50 bits per heavy atom. The molecule has 1 amide bonds. The van der Waals surface area contributed by atoms with E-state index in [1.165, 1.54) is 18.2 Å². The predicted octanol–water partition coefficient (Wildman–Crippen LogP) is 2.74. The van der Waals surface area contributed by atoms with Crippen LogP contribution in [0.3, 0.4) is 0 Å². The lowest BCUT2D eigenvalue weighted by molar-refractivity contribution is 0.102. The fourth-order valence-corrected chi connectivity index (χ4v) is 2.42. The Morgan fingerprint density at radius 2 is 2.35 bits per heavy atom. The van der Waals surface area contributed by atoms with Crippen molar-refractivity contribution in [3.63, 3.8) is 0 Å². The molecule has 0 spiro atoms. The van der Waals surface area contributed by atoms with Crippen LogP contribution < -0.4 is 10.6 Å². The van der Waals surface area contributed by atoms with Gasteiger partial charge in [0.25, 0.3) is 5.91 Å². The van der Waals surface area contributed by atoms with Crippen LogP contribution in [0, 0.1) is 5.82 Å². The van der Waals surface area contributed by atoms with E-state index < -0.39 is 11.7 Å². The summed E-state index contributed by atoms with van der Waals surface area (Å²) in [4.78, 5) is 12.1. The SMILES string of the molecule is O=C(Nc1cnn2c1NCCC2)c1c(F)cccc1Cl. The smallest absolute Gasteiger partial charge is 0.260 e. The molecule has 5 nitrogen and oxygen atoms in total. The van der Waals surface area contributed by atoms with Crippen molar-refractivity contribution in [2.24, 2.45) is 0 Å². The summed E-state index contributed by atoms with van der Waals surface area (Å²) in [6, 6.07) is 4.13. The Kier molecular flexibility index (Phi) is 3.31. The van der Waals surface area contributed by atoms with Crippen molar-refractivity contribution in [1.82, 2.24) is 9.78 Å². The summed E-state index contributed by atoms with van der Waals surface area (Å²) in [7, 11) is 0. The number of halogens is 2. The van der Waals surface area contributed by atoms with Gasteiger partial charge in [0, 0.05) is 13.1 Å². The van der Waals surface area contributed by atoms with Crippen molar-refractivity contribution in [3.8, 4) is 0 Å². The van der Waals surface area contributed by atoms with Gasteiger partial charge in [-0.3, -0.25) is 4.79 Å². The van der Waals surface area contributed by atoms with E-state index in [0.29, 0.717) is 5.69 Å². The lowest BCUT2D eigenvalue weighted by atomic mass is 10.2. The molecule has 2 aromatic rings. The maximum atomic E-state index is 13.7. The van der Waals surface area contributed by atoms with E-state index in [1.54, 1.807) is 10.9 Å².